The van der Waals surface area contributed by atoms with Gasteiger partial charge in [-0.25, -0.2) is 4.79 Å². The molecule has 2 aromatic carbocycles. The van der Waals surface area contributed by atoms with Crippen molar-refractivity contribution in [3.63, 3.8) is 0 Å². The quantitative estimate of drug-likeness (QED) is 0.544. The zero-order chi connectivity index (χ0) is 20.7. The maximum Gasteiger partial charge on any atom is 0.323 e. The van der Waals surface area contributed by atoms with Gasteiger partial charge in [-0.3, -0.25) is 4.79 Å². The molecule has 0 unspecified atom stereocenters. The first kappa shape index (κ1) is 18.4. The van der Waals surface area contributed by atoms with Crippen molar-refractivity contribution in [2.75, 3.05) is 13.1 Å². The van der Waals surface area contributed by atoms with Crippen LogP contribution in [0.15, 0.2) is 58.0 Å². The Hall–Kier alpha value is -3.61. The fraction of sp³-hybridized carbons (Fsp3) is 0.261. The lowest BCUT2D eigenvalue weighted by Gasteiger charge is -2.32. The summed E-state index contributed by atoms with van der Waals surface area (Å²) >= 11 is 0. The van der Waals surface area contributed by atoms with E-state index in [-0.39, 0.29) is 11.6 Å². The minimum absolute atomic E-state index is 0.0457. The number of rotatable bonds is 3. The summed E-state index contributed by atoms with van der Waals surface area (Å²) in [4.78, 5) is 32.1. The van der Waals surface area contributed by atoms with E-state index in [0.29, 0.717) is 30.3 Å². The predicted molar refractivity (Wildman–Crippen MR) is 113 cm³/mol. The minimum Gasteiger partial charge on any atom is -0.355 e. The molecule has 0 atom stereocenters. The third-order valence-corrected chi connectivity index (χ3v) is 5.91. The monoisotopic (exact) mass is 402 g/mol. The molecule has 0 bridgehead atoms. The van der Waals surface area contributed by atoms with Crippen molar-refractivity contribution in [1.29, 1.82) is 0 Å². The van der Waals surface area contributed by atoms with Gasteiger partial charge in [-0.1, -0.05) is 41.1 Å². The minimum atomic E-state index is -0.194. The van der Waals surface area contributed by atoms with Crippen molar-refractivity contribution in [1.82, 2.24) is 20.0 Å². The van der Waals surface area contributed by atoms with E-state index in [1.165, 1.54) is 11.8 Å². The molecule has 30 heavy (non-hydrogen) atoms. The highest BCUT2D eigenvalue weighted by Gasteiger charge is 2.28. The average Bonchev–Trinajstić information content (AvgIpc) is 3.39. The van der Waals surface area contributed by atoms with E-state index in [4.69, 9.17) is 4.52 Å². The molecule has 0 aliphatic carbocycles. The molecule has 1 aliphatic rings. The molecule has 2 N–H and O–H groups in total. The highest BCUT2D eigenvalue weighted by atomic mass is 16.5. The van der Waals surface area contributed by atoms with Gasteiger partial charge in [0.1, 0.15) is 5.56 Å². The molecule has 4 aromatic rings. The lowest BCUT2D eigenvalue weighted by molar-refractivity contribution is 0.0713. The second-order valence-corrected chi connectivity index (χ2v) is 7.89. The van der Waals surface area contributed by atoms with E-state index in [9.17, 15) is 9.59 Å². The number of nitrogens with one attached hydrogen (secondary N) is 2. The van der Waals surface area contributed by atoms with Gasteiger partial charge in [0.15, 0.2) is 5.76 Å². The number of imidazole rings is 1. The molecule has 5 rings (SSSR count). The van der Waals surface area contributed by atoms with E-state index >= 15 is 0 Å². The summed E-state index contributed by atoms with van der Waals surface area (Å²) < 4.78 is 5.41. The van der Waals surface area contributed by atoms with Gasteiger partial charge in [-0.2, -0.15) is 0 Å². The predicted octanol–water partition coefficient (Wildman–Crippen LogP) is 3.84. The number of aromatic nitrogens is 3. The first-order valence-corrected chi connectivity index (χ1v) is 10.1. The zero-order valence-electron chi connectivity index (χ0n) is 16.6. The maximum absolute atomic E-state index is 13.1. The van der Waals surface area contributed by atoms with Gasteiger partial charge in [0, 0.05) is 18.7 Å². The molecule has 0 radical (unpaired) electrons. The third-order valence-electron chi connectivity index (χ3n) is 5.91. The van der Waals surface area contributed by atoms with Crippen LogP contribution in [0.1, 0.15) is 40.2 Å². The van der Waals surface area contributed by atoms with Crippen molar-refractivity contribution in [3.8, 4) is 11.3 Å². The maximum atomic E-state index is 13.1. The van der Waals surface area contributed by atoms with Crippen molar-refractivity contribution >= 4 is 16.9 Å². The first-order chi connectivity index (χ1) is 14.6. The molecule has 1 amide bonds. The molecule has 0 saturated carbocycles. The van der Waals surface area contributed by atoms with Crippen LogP contribution in [0.4, 0.5) is 0 Å². The third kappa shape index (κ3) is 3.32. The zero-order valence-corrected chi connectivity index (χ0v) is 16.6. The van der Waals surface area contributed by atoms with E-state index in [0.717, 1.165) is 35.0 Å². The topological polar surface area (TPSA) is 95.0 Å². The Labute approximate surface area is 172 Å². The van der Waals surface area contributed by atoms with Gasteiger partial charge < -0.3 is 19.4 Å². The summed E-state index contributed by atoms with van der Waals surface area (Å²) in [5, 5.41) is 3.88. The second kappa shape index (κ2) is 7.33. The van der Waals surface area contributed by atoms with E-state index in [1.54, 1.807) is 0 Å². The van der Waals surface area contributed by atoms with Crippen molar-refractivity contribution in [3.05, 3.63) is 75.8 Å². The number of fused-ring (bicyclic) bond motifs is 1. The van der Waals surface area contributed by atoms with Crippen LogP contribution < -0.4 is 5.69 Å². The Balaban J connectivity index is 1.31. The van der Waals surface area contributed by atoms with Gasteiger partial charge in [-0.05, 0) is 43.4 Å². The summed E-state index contributed by atoms with van der Waals surface area (Å²) in [6, 6.07) is 13.9. The lowest BCUT2D eigenvalue weighted by Crippen LogP contribution is -2.38. The Morgan fingerprint density at radius 3 is 2.57 bits per heavy atom. The average molecular weight is 402 g/mol. The summed E-state index contributed by atoms with van der Waals surface area (Å²) in [6.45, 7) is 3.36. The smallest absolute Gasteiger partial charge is 0.323 e. The number of piperidine rings is 1. The number of aryl methyl sites for hydroxylation is 1. The molecular weight excluding hydrogens is 380 g/mol. The van der Waals surface area contributed by atoms with Gasteiger partial charge in [0.25, 0.3) is 5.91 Å². The van der Waals surface area contributed by atoms with Crippen LogP contribution in [0, 0.1) is 6.92 Å². The fourth-order valence-electron chi connectivity index (χ4n) is 4.20. The van der Waals surface area contributed by atoms with Gasteiger partial charge >= 0.3 is 5.69 Å². The second-order valence-electron chi connectivity index (χ2n) is 7.89. The summed E-state index contributed by atoms with van der Waals surface area (Å²) in [7, 11) is 0. The first-order valence-electron chi connectivity index (χ1n) is 10.1. The van der Waals surface area contributed by atoms with Gasteiger partial charge in [0.05, 0.1) is 17.2 Å². The van der Waals surface area contributed by atoms with Crippen LogP contribution in [-0.4, -0.2) is 39.0 Å². The van der Waals surface area contributed by atoms with Crippen molar-refractivity contribution < 1.29 is 9.32 Å². The van der Waals surface area contributed by atoms with E-state index in [1.807, 2.05) is 48.2 Å². The number of carbonyl (C=O) groups excluding carboxylic acids is 1. The number of benzene rings is 2. The number of H-pyrrole nitrogens is 2. The molecule has 1 aliphatic heterocycles. The molecule has 7 heteroatoms. The molecule has 0 spiro atoms. The SMILES string of the molecule is Cc1ccc(-c2oncc2C(=O)N2CCC(c3ccc4[nH]c(=O)[nH]c4c3)CC2)cc1. The molecule has 1 fully saturated rings. The standard InChI is InChI=1S/C23H22N4O3/c1-14-2-4-16(5-3-14)21-18(13-24-30-21)22(28)27-10-8-15(9-11-27)17-6-7-19-20(12-17)26-23(29)25-19/h2-7,12-13,15H,8-11H2,1H3,(H2,25,26,29). The number of amides is 1. The van der Waals surface area contributed by atoms with Crippen LogP contribution in [0.2, 0.25) is 0 Å². The Bertz CT molecular complexity index is 1260. The number of hydrogen-bond donors (Lipinski definition) is 2. The van der Waals surface area contributed by atoms with Gasteiger partial charge in [0.2, 0.25) is 0 Å². The summed E-state index contributed by atoms with van der Waals surface area (Å²) in [5.41, 5.74) is 5.13. The lowest BCUT2D eigenvalue weighted by atomic mass is 9.89. The molecular formula is C23H22N4O3. The van der Waals surface area contributed by atoms with Crippen molar-refractivity contribution in [2.45, 2.75) is 25.7 Å². The number of likely N-dealkylation sites (tertiary alicyclic amines) is 1. The van der Waals surface area contributed by atoms with Crippen LogP contribution in [-0.2, 0) is 0 Å². The Morgan fingerprint density at radius 2 is 1.80 bits per heavy atom. The number of nitrogens with zero attached hydrogens (tertiary/aromatic N) is 2. The fourth-order valence-corrected chi connectivity index (χ4v) is 4.20. The Kier molecular flexibility index (Phi) is 4.50. The largest absolute Gasteiger partial charge is 0.355 e. The van der Waals surface area contributed by atoms with Crippen LogP contribution >= 0.6 is 0 Å². The van der Waals surface area contributed by atoms with Crippen LogP contribution in [0.25, 0.3) is 22.4 Å². The normalized spacial score (nSPS) is 15.0. The van der Waals surface area contributed by atoms with Crippen molar-refractivity contribution in [2.24, 2.45) is 0 Å². The number of aromatic amines is 2. The molecule has 3 heterocycles. The van der Waals surface area contributed by atoms with Crippen LogP contribution in [0.5, 0.6) is 0 Å². The number of hydrogen-bond acceptors (Lipinski definition) is 4. The molecule has 1 saturated heterocycles. The van der Waals surface area contributed by atoms with Crippen LogP contribution in [0.3, 0.4) is 0 Å². The highest BCUT2D eigenvalue weighted by molar-refractivity contribution is 5.99. The van der Waals surface area contributed by atoms with Gasteiger partial charge in [-0.15, -0.1) is 0 Å². The molecule has 152 valence electrons. The molecule has 7 nitrogen and oxygen atoms in total. The highest BCUT2D eigenvalue weighted by Crippen LogP contribution is 2.31. The Morgan fingerprint density at radius 1 is 1.07 bits per heavy atom. The van der Waals surface area contributed by atoms with E-state index in [2.05, 4.69) is 21.2 Å². The molecule has 2 aromatic heterocycles. The summed E-state index contributed by atoms with van der Waals surface area (Å²) in [5.74, 6) is 0.829. The number of carbonyl (C=O) groups is 1. The summed E-state index contributed by atoms with van der Waals surface area (Å²) in [6.07, 6.45) is 3.26. The van der Waals surface area contributed by atoms with E-state index < -0.39 is 0 Å².